The van der Waals surface area contributed by atoms with Crippen LogP contribution >= 0.6 is 11.6 Å². The van der Waals surface area contributed by atoms with Gasteiger partial charge >= 0.3 is 30.5 Å². The average Bonchev–Trinajstić information content (AvgIpc) is 3.06. The van der Waals surface area contributed by atoms with Crippen LogP contribution in [0.25, 0.3) is 0 Å². The summed E-state index contributed by atoms with van der Waals surface area (Å²) < 4.78 is 109. The van der Waals surface area contributed by atoms with E-state index in [-0.39, 0.29) is 35.8 Å². The van der Waals surface area contributed by atoms with Crippen molar-refractivity contribution in [1.29, 1.82) is 5.41 Å². The number of urea groups is 1. The van der Waals surface area contributed by atoms with E-state index in [4.69, 9.17) is 17.0 Å². The molecule has 0 saturated heterocycles. The number of nitrogens with zero attached hydrogens (tertiary/aromatic N) is 3. The maximum atomic E-state index is 15.4. The zero-order valence-electron chi connectivity index (χ0n) is 28.5. The Balaban J connectivity index is 2.01. The van der Waals surface area contributed by atoms with Crippen molar-refractivity contribution in [2.24, 2.45) is 0 Å². The van der Waals surface area contributed by atoms with E-state index < -0.39 is 59.6 Å². The van der Waals surface area contributed by atoms with E-state index in [1.165, 1.54) is 17.0 Å². The smallest absolute Gasteiger partial charge is 0.428 e. The SMILES string of the molecule is CCN(CCCN(C)C)C(=N)OC(=O)C(F)(F)C(C)NC(=O)N[C@@](Cc1ccccc1)(c1cc(F)cc(OC(F)(F)C(F)F)c1)c1ccc(Cl)cn1. The fourth-order valence-corrected chi connectivity index (χ4v) is 5.13. The Bertz CT molecular complexity index is 1670. The van der Waals surface area contributed by atoms with Gasteiger partial charge in [-0.3, -0.25) is 10.4 Å². The van der Waals surface area contributed by atoms with Crippen molar-refractivity contribution in [3.05, 3.63) is 94.5 Å². The number of rotatable bonds is 16. The van der Waals surface area contributed by atoms with E-state index in [0.717, 1.165) is 25.3 Å². The number of nitrogens with one attached hydrogen (secondary N) is 3. The van der Waals surface area contributed by atoms with Gasteiger partial charge in [0.05, 0.1) is 10.7 Å². The van der Waals surface area contributed by atoms with Gasteiger partial charge < -0.3 is 29.9 Å². The number of benzene rings is 2. The number of carbonyl (C=O) groups excluding carboxylic acids is 2. The first kappa shape index (κ1) is 41.8. The molecular formula is C34H38ClF7N6O4. The van der Waals surface area contributed by atoms with Crippen molar-refractivity contribution in [3.8, 4) is 5.75 Å². The van der Waals surface area contributed by atoms with Crippen LogP contribution in [-0.4, -0.2) is 91.0 Å². The Morgan fingerprint density at radius 3 is 2.27 bits per heavy atom. The lowest BCUT2D eigenvalue weighted by Crippen LogP contribution is -2.58. The van der Waals surface area contributed by atoms with E-state index in [1.54, 1.807) is 37.3 Å². The molecule has 0 aliphatic carbocycles. The van der Waals surface area contributed by atoms with Gasteiger partial charge in [0.15, 0.2) is 0 Å². The molecular weight excluding hydrogens is 725 g/mol. The predicted molar refractivity (Wildman–Crippen MR) is 178 cm³/mol. The third-order valence-corrected chi connectivity index (χ3v) is 7.95. The summed E-state index contributed by atoms with van der Waals surface area (Å²) in [5.74, 6) is -8.83. The summed E-state index contributed by atoms with van der Waals surface area (Å²) >= 11 is 6.03. The summed E-state index contributed by atoms with van der Waals surface area (Å²) in [6, 6.07) is 8.10. The minimum Gasteiger partial charge on any atom is -0.428 e. The van der Waals surface area contributed by atoms with Crippen LogP contribution in [0.3, 0.4) is 0 Å². The number of alkyl halides is 6. The Morgan fingerprint density at radius 1 is 1.02 bits per heavy atom. The second-order valence-corrected chi connectivity index (χ2v) is 12.4. The summed E-state index contributed by atoms with van der Waals surface area (Å²) in [6.07, 6.45) is -7.99. The number of hydrogen-bond donors (Lipinski definition) is 3. The molecule has 284 valence electrons. The van der Waals surface area contributed by atoms with Gasteiger partial charge in [0.25, 0.3) is 6.02 Å². The second kappa shape index (κ2) is 17.7. The zero-order valence-corrected chi connectivity index (χ0v) is 29.3. The third-order valence-electron chi connectivity index (χ3n) is 7.73. The van der Waals surface area contributed by atoms with Crippen molar-refractivity contribution >= 4 is 29.6 Å². The van der Waals surface area contributed by atoms with Gasteiger partial charge in [-0.25, -0.2) is 14.0 Å². The molecule has 0 aliphatic heterocycles. The van der Waals surface area contributed by atoms with Crippen LogP contribution in [0.2, 0.25) is 5.02 Å². The molecule has 52 heavy (non-hydrogen) atoms. The van der Waals surface area contributed by atoms with Gasteiger partial charge in [0, 0.05) is 31.8 Å². The number of halogens is 8. The number of aromatic nitrogens is 1. The Hall–Kier alpha value is -4.64. The third kappa shape index (κ3) is 10.9. The molecule has 1 heterocycles. The summed E-state index contributed by atoms with van der Waals surface area (Å²) in [5, 5.41) is 12.6. The first-order chi connectivity index (χ1) is 24.3. The maximum Gasteiger partial charge on any atom is 0.461 e. The van der Waals surface area contributed by atoms with Crippen LogP contribution in [-0.2, 0) is 21.5 Å². The number of pyridine rings is 1. The van der Waals surface area contributed by atoms with Crippen LogP contribution in [0.1, 0.15) is 37.1 Å². The molecule has 3 aromatic rings. The monoisotopic (exact) mass is 762 g/mol. The molecule has 1 aromatic heterocycles. The molecule has 0 bridgehead atoms. The van der Waals surface area contributed by atoms with Gasteiger partial charge in [0.2, 0.25) is 0 Å². The van der Waals surface area contributed by atoms with E-state index in [9.17, 15) is 27.2 Å². The first-order valence-electron chi connectivity index (χ1n) is 15.8. The minimum absolute atomic E-state index is 0.110. The summed E-state index contributed by atoms with van der Waals surface area (Å²) in [6.45, 7) is 3.46. The minimum atomic E-state index is -5.04. The Morgan fingerprint density at radius 2 is 1.69 bits per heavy atom. The highest BCUT2D eigenvalue weighted by Crippen LogP contribution is 2.37. The molecule has 0 fully saturated rings. The van der Waals surface area contributed by atoms with Crippen molar-refractivity contribution in [2.45, 2.75) is 56.7 Å². The highest BCUT2D eigenvalue weighted by Gasteiger charge is 2.49. The topological polar surface area (TPSA) is 120 Å². The van der Waals surface area contributed by atoms with Crippen LogP contribution in [0.4, 0.5) is 35.5 Å². The lowest BCUT2D eigenvalue weighted by molar-refractivity contribution is -0.253. The normalized spacial score (nSPS) is 13.7. The van der Waals surface area contributed by atoms with E-state index in [0.29, 0.717) is 24.6 Å². The van der Waals surface area contributed by atoms with Crippen LogP contribution in [0.5, 0.6) is 5.75 Å². The molecule has 3 rings (SSSR count). The molecule has 0 radical (unpaired) electrons. The second-order valence-electron chi connectivity index (χ2n) is 11.9. The molecule has 2 atom stereocenters. The molecule has 2 aromatic carbocycles. The van der Waals surface area contributed by atoms with Gasteiger partial charge in [-0.15, -0.1) is 0 Å². The van der Waals surface area contributed by atoms with Gasteiger partial charge in [-0.1, -0.05) is 41.9 Å². The van der Waals surface area contributed by atoms with Crippen LogP contribution < -0.4 is 15.4 Å². The molecule has 0 spiro atoms. The van der Waals surface area contributed by atoms with Gasteiger partial charge in [-0.2, -0.15) is 26.3 Å². The number of hydrogen-bond acceptors (Lipinski definition) is 7. The molecule has 18 heteroatoms. The Kier molecular flexibility index (Phi) is 14.2. The number of amides is 2. The van der Waals surface area contributed by atoms with Crippen molar-refractivity contribution in [2.75, 3.05) is 33.7 Å². The van der Waals surface area contributed by atoms with E-state index in [1.807, 2.05) is 24.3 Å². The number of ether oxygens (including phenoxy) is 2. The summed E-state index contributed by atoms with van der Waals surface area (Å²) in [7, 11) is 3.65. The van der Waals surface area contributed by atoms with Gasteiger partial charge in [-0.05, 0) is 76.3 Å². The highest BCUT2D eigenvalue weighted by molar-refractivity contribution is 6.30. The van der Waals surface area contributed by atoms with E-state index >= 15 is 13.2 Å². The molecule has 10 nitrogen and oxygen atoms in total. The first-order valence-corrected chi connectivity index (χ1v) is 16.2. The number of carbonyl (C=O) groups is 2. The standard InChI is InChI=1S/C34H38ClF7N6O4/c1-5-48(15-9-14-47(3)4)30(43)51-29(49)33(39,40)21(2)45-31(50)46-32(19-22-10-7-6-8-11-22,27-13-12-24(35)20-44-27)23-16-25(36)18-26(17-23)52-34(41,42)28(37)38/h6-8,10-13,16-18,20-21,28,43H,5,9,14-15,19H2,1-4H3,(H2,45,46,50)/t21?,32-/m0/s1. The molecule has 0 saturated carbocycles. The van der Waals surface area contributed by atoms with Crippen molar-refractivity contribution in [1.82, 2.24) is 25.4 Å². The summed E-state index contributed by atoms with van der Waals surface area (Å²) in [4.78, 5) is 33.6. The zero-order chi connectivity index (χ0) is 38.9. The van der Waals surface area contributed by atoms with E-state index in [2.05, 4.69) is 19.8 Å². The van der Waals surface area contributed by atoms with Crippen molar-refractivity contribution < 1.29 is 49.8 Å². The molecule has 3 N–H and O–H groups in total. The molecule has 0 aliphatic rings. The largest absolute Gasteiger partial charge is 0.461 e. The van der Waals surface area contributed by atoms with Crippen LogP contribution in [0, 0.1) is 11.2 Å². The quantitative estimate of drug-likeness (QED) is 0.0646. The molecule has 1 unspecified atom stereocenters. The lowest BCUT2D eigenvalue weighted by atomic mass is 9.80. The number of esters is 1. The van der Waals surface area contributed by atoms with Gasteiger partial charge in [0.1, 0.15) is 23.1 Å². The number of amidine groups is 1. The Labute approximate surface area is 300 Å². The highest BCUT2D eigenvalue weighted by atomic mass is 35.5. The fourth-order valence-electron chi connectivity index (χ4n) is 5.02. The maximum absolute atomic E-state index is 15.4. The lowest BCUT2D eigenvalue weighted by Gasteiger charge is -2.36. The average molecular weight is 763 g/mol. The molecule has 2 amide bonds. The predicted octanol–water partition coefficient (Wildman–Crippen LogP) is 6.67. The van der Waals surface area contributed by atoms with Crippen molar-refractivity contribution in [3.63, 3.8) is 0 Å². The summed E-state index contributed by atoms with van der Waals surface area (Å²) in [5.41, 5.74) is -2.17. The van der Waals surface area contributed by atoms with Crippen LogP contribution in [0.15, 0.2) is 66.9 Å². The fraction of sp³-hybridized carbons (Fsp3) is 0.412.